The third-order valence-electron chi connectivity index (χ3n) is 2.64. The SMILES string of the molecule is CNCc1sc(S(=O)(=O)NCCc2ncno2)cc1C. The van der Waals surface area contributed by atoms with Gasteiger partial charge in [0.15, 0.2) is 6.33 Å². The van der Waals surface area contributed by atoms with Crippen LogP contribution in [0.2, 0.25) is 0 Å². The van der Waals surface area contributed by atoms with Crippen LogP contribution >= 0.6 is 11.3 Å². The molecule has 0 aliphatic carbocycles. The molecule has 2 heterocycles. The van der Waals surface area contributed by atoms with Gasteiger partial charge < -0.3 is 9.84 Å². The highest BCUT2D eigenvalue weighted by atomic mass is 32.2. The number of aryl methyl sites for hydroxylation is 1. The zero-order valence-corrected chi connectivity index (χ0v) is 12.8. The van der Waals surface area contributed by atoms with Crippen LogP contribution in [0, 0.1) is 6.92 Å². The molecule has 0 fully saturated rings. The maximum Gasteiger partial charge on any atom is 0.250 e. The van der Waals surface area contributed by atoms with Crippen LogP contribution in [0.4, 0.5) is 0 Å². The van der Waals surface area contributed by atoms with E-state index in [0.717, 1.165) is 10.4 Å². The number of aromatic nitrogens is 2. The highest BCUT2D eigenvalue weighted by Crippen LogP contribution is 2.25. The molecule has 2 aromatic heterocycles. The fraction of sp³-hybridized carbons (Fsp3) is 0.455. The quantitative estimate of drug-likeness (QED) is 0.779. The maximum absolute atomic E-state index is 12.1. The van der Waals surface area contributed by atoms with Crippen molar-refractivity contribution in [3.05, 3.63) is 28.7 Å². The topological polar surface area (TPSA) is 97.1 Å². The Morgan fingerprint density at radius 1 is 1.45 bits per heavy atom. The number of thiophene rings is 1. The van der Waals surface area contributed by atoms with Gasteiger partial charge in [0.1, 0.15) is 4.21 Å². The van der Waals surface area contributed by atoms with Crippen LogP contribution < -0.4 is 10.0 Å². The summed E-state index contributed by atoms with van der Waals surface area (Å²) in [6, 6.07) is 1.69. The molecular formula is C11H16N4O3S2. The van der Waals surface area contributed by atoms with Crippen LogP contribution in [-0.2, 0) is 23.0 Å². The van der Waals surface area contributed by atoms with Crippen molar-refractivity contribution < 1.29 is 12.9 Å². The third kappa shape index (κ3) is 3.63. The Hall–Kier alpha value is -1.29. The minimum absolute atomic E-state index is 0.225. The van der Waals surface area contributed by atoms with Crippen LogP contribution in [0.5, 0.6) is 0 Å². The third-order valence-corrected chi connectivity index (χ3v) is 5.81. The van der Waals surface area contributed by atoms with Crippen molar-refractivity contribution in [1.29, 1.82) is 0 Å². The Bertz CT molecular complexity index is 649. The molecule has 0 saturated heterocycles. The highest BCUT2D eigenvalue weighted by molar-refractivity contribution is 7.91. The fourth-order valence-electron chi connectivity index (χ4n) is 1.63. The Balaban J connectivity index is 2.00. The van der Waals surface area contributed by atoms with Crippen molar-refractivity contribution in [2.75, 3.05) is 13.6 Å². The molecule has 0 aromatic carbocycles. The summed E-state index contributed by atoms with van der Waals surface area (Å²) in [6.07, 6.45) is 1.66. The van der Waals surface area contributed by atoms with Gasteiger partial charge in [-0.1, -0.05) is 5.16 Å². The van der Waals surface area contributed by atoms with Gasteiger partial charge in [-0.15, -0.1) is 11.3 Å². The van der Waals surface area contributed by atoms with E-state index in [2.05, 4.69) is 20.2 Å². The molecule has 2 aromatic rings. The molecule has 2 N–H and O–H groups in total. The predicted molar refractivity (Wildman–Crippen MR) is 75.0 cm³/mol. The molecule has 0 radical (unpaired) electrons. The van der Waals surface area contributed by atoms with Crippen LogP contribution in [0.25, 0.3) is 0 Å². The van der Waals surface area contributed by atoms with Crippen LogP contribution in [0.1, 0.15) is 16.3 Å². The largest absolute Gasteiger partial charge is 0.340 e. The van der Waals surface area contributed by atoms with Gasteiger partial charge in [0.05, 0.1) is 0 Å². The van der Waals surface area contributed by atoms with E-state index in [9.17, 15) is 8.42 Å². The van der Waals surface area contributed by atoms with Gasteiger partial charge >= 0.3 is 0 Å². The molecule has 7 nitrogen and oxygen atoms in total. The molecule has 110 valence electrons. The van der Waals surface area contributed by atoms with Crippen molar-refractivity contribution in [3.63, 3.8) is 0 Å². The summed E-state index contributed by atoms with van der Waals surface area (Å²) in [6.45, 7) is 2.79. The smallest absolute Gasteiger partial charge is 0.250 e. The van der Waals surface area contributed by atoms with Crippen molar-refractivity contribution in [3.8, 4) is 0 Å². The number of nitrogens with zero attached hydrogens (tertiary/aromatic N) is 2. The fourth-order valence-corrected chi connectivity index (χ4v) is 4.30. The summed E-state index contributed by atoms with van der Waals surface area (Å²) in [5, 5.41) is 6.48. The number of nitrogens with one attached hydrogen (secondary N) is 2. The summed E-state index contributed by atoms with van der Waals surface area (Å²) in [4.78, 5) is 4.85. The van der Waals surface area contributed by atoms with Gasteiger partial charge in [-0.05, 0) is 25.6 Å². The predicted octanol–water partition coefficient (Wildman–Crippen LogP) is 0.680. The van der Waals surface area contributed by atoms with Gasteiger partial charge in [0, 0.05) is 24.4 Å². The van der Waals surface area contributed by atoms with Gasteiger partial charge in [0.25, 0.3) is 0 Å². The molecular weight excluding hydrogens is 300 g/mol. The van der Waals surface area contributed by atoms with Crippen molar-refractivity contribution in [2.45, 2.75) is 24.1 Å². The minimum Gasteiger partial charge on any atom is -0.340 e. The second-order valence-electron chi connectivity index (χ2n) is 4.18. The molecule has 0 bridgehead atoms. The summed E-state index contributed by atoms with van der Waals surface area (Å²) >= 11 is 1.27. The maximum atomic E-state index is 12.1. The molecule has 0 aliphatic heterocycles. The first-order chi connectivity index (χ1) is 9.53. The van der Waals surface area contributed by atoms with E-state index in [4.69, 9.17) is 4.52 Å². The van der Waals surface area contributed by atoms with Gasteiger partial charge in [-0.25, -0.2) is 13.1 Å². The van der Waals surface area contributed by atoms with Gasteiger partial charge in [0.2, 0.25) is 15.9 Å². The van der Waals surface area contributed by atoms with E-state index in [-0.39, 0.29) is 6.54 Å². The number of rotatable bonds is 7. The lowest BCUT2D eigenvalue weighted by atomic mass is 10.3. The van der Waals surface area contributed by atoms with E-state index >= 15 is 0 Å². The summed E-state index contributed by atoms with van der Waals surface area (Å²) < 4.78 is 31.9. The van der Waals surface area contributed by atoms with Crippen LogP contribution in [0.3, 0.4) is 0 Å². The standard InChI is InChI=1S/C11H16N4O3S2/c1-8-5-11(19-9(8)6-12-2)20(16,17)15-4-3-10-13-7-14-18-10/h5,7,12,15H,3-4,6H2,1-2H3. The molecule has 0 amide bonds. The Morgan fingerprint density at radius 2 is 2.25 bits per heavy atom. The molecule has 20 heavy (non-hydrogen) atoms. The van der Waals surface area contributed by atoms with E-state index in [0.29, 0.717) is 23.1 Å². The molecule has 0 spiro atoms. The molecule has 9 heteroatoms. The van der Waals surface area contributed by atoms with Crippen molar-refractivity contribution in [2.24, 2.45) is 0 Å². The minimum atomic E-state index is -3.48. The molecule has 0 saturated carbocycles. The summed E-state index contributed by atoms with van der Waals surface area (Å²) in [5.74, 6) is 0.408. The zero-order chi connectivity index (χ0) is 14.6. The van der Waals surface area contributed by atoms with Crippen LogP contribution in [0.15, 0.2) is 21.1 Å². The average molecular weight is 316 g/mol. The first-order valence-corrected chi connectivity index (χ1v) is 8.32. The molecule has 0 atom stereocenters. The van der Waals surface area contributed by atoms with E-state index in [1.165, 1.54) is 17.7 Å². The summed E-state index contributed by atoms with van der Waals surface area (Å²) in [5.41, 5.74) is 0.974. The zero-order valence-electron chi connectivity index (χ0n) is 11.2. The average Bonchev–Trinajstić information content (AvgIpc) is 3.01. The molecule has 0 aliphatic rings. The Labute approximate surface area is 121 Å². The Kier molecular flexibility index (Phi) is 4.86. The lowest BCUT2D eigenvalue weighted by Crippen LogP contribution is -2.25. The molecule has 2 rings (SSSR count). The van der Waals surface area contributed by atoms with E-state index in [1.54, 1.807) is 6.07 Å². The Morgan fingerprint density at radius 3 is 2.90 bits per heavy atom. The monoisotopic (exact) mass is 316 g/mol. The highest BCUT2D eigenvalue weighted by Gasteiger charge is 2.18. The second kappa shape index (κ2) is 6.44. The number of hydrogen-bond donors (Lipinski definition) is 2. The molecule has 0 unspecified atom stereocenters. The first kappa shape index (κ1) is 15.1. The lowest BCUT2D eigenvalue weighted by molar-refractivity contribution is 0.377. The normalized spacial score (nSPS) is 11.9. The van der Waals surface area contributed by atoms with Crippen molar-refractivity contribution >= 4 is 21.4 Å². The van der Waals surface area contributed by atoms with Gasteiger partial charge in [-0.2, -0.15) is 4.98 Å². The first-order valence-electron chi connectivity index (χ1n) is 6.02. The van der Waals surface area contributed by atoms with Crippen LogP contribution in [-0.4, -0.2) is 32.2 Å². The number of hydrogen-bond acceptors (Lipinski definition) is 7. The second-order valence-corrected chi connectivity index (χ2v) is 7.32. The van der Waals surface area contributed by atoms with E-state index in [1.807, 2.05) is 14.0 Å². The van der Waals surface area contributed by atoms with Crippen molar-refractivity contribution in [1.82, 2.24) is 20.2 Å². The lowest BCUT2D eigenvalue weighted by Gasteiger charge is -2.02. The van der Waals surface area contributed by atoms with Gasteiger partial charge in [-0.3, -0.25) is 0 Å². The summed E-state index contributed by atoms with van der Waals surface area (Å²) in [7, 11) is -1.65. The van der Waals surface area contributed by atoms with E-state index < -0.39 is 10.0 Å². The number of sulfonamides is 1.